The van der Waals surface area contributed by atoms with Gasteiger partial charge in [-0.05, 0) is 86.7 Å². The van der Waals surface area contributed by atoms with Crippen molar-refractivity contribution in [3.05, 3.63) is 47.1 Å². The Balaban J connectivity index is 1.66. The molecule has 2 N–H and O–H groups in total. The van der Waals surface area contributed by atoms with Crippen molar-refractivity contribution < 1.29 is 15.1 Å². The smallest absolute Gasteiger partial charge is 0.114 e. The van der Waals surface area contributed by atoms with Crippen LogP contribution in [0.5, 0.6) is 0 Å². The van der Waals surface area contributed by atoms with Crippen molar-refractivity contribution in [1.29, 1.82) is 0 Å². The first-order valence-corrected chi connectivity index (χ1v) is 13.8. The summed E-state index contributed by atoms with van der Waals surface area (Å²) in [4.78, 5) is 5.40. The highest BCUT2D eigenvalue weighted by atomic mass is 16.6. The molecule has 4 heteroatoms. The fraction of sp³-hybridized carbons (Fsp3) is 0.710. The van der Waals surface area contributed by atoms with Gasteiger partial charge in [-0.3, -0.25) is 0 Å². The van der Waals surface area contributed by atoms with Gasteiger partial charge in [-0.15, -0.1) is 0 Å². The van der Waals surface area contributed by atoms with E-state index in [1.54, 1.807) is 5.57 Å². The second kappa shape index (κ2) is 11.6. The molecule has 3 aliphatic carbocycles. The van der Waals surface area contributed by atoms with Crippen LogP contribution in [-0.2, 0) is 4.84 Å². The summed E-state index contributed by atoms with van der Waals surface area (Å²) in [7, 11) is 0. The molecule has 196 valence electrons. The Bertz CT molecular complexity index is 887. The summed E-state index contributed by atoms with van der Waals surface area (Å²) in [5.74, 6) is 1.13. The van der Waals surface area contributed by atoms with Gasteiger partial charge in [0.1, 0.15) is 6.61 Å². The fourth-order valence-electron chi connectivity index (χ4n) is 6.51. The highest BCUT2D eigenvalue weighted by Crippen LogP contribution is 2.57. The second-order valence-electron chi connectivity index (χ2n) is 12.3. The van der Waals surface area contributed by atoms with Crippen molar-refractivity contribution in [2.45, 2.75) is 112 Å². The minimum absolute atomic E-state index is 0.0371. The maximum absolute atomic E-state index is 10.2. The van der Waals surface area contributed by atoms with Crippen molar-refractivity contribution in [3.63, 3.8) is 0 Å². The third-order valence-electron chi connectivity index (χ3n) is 8.63. The number of aliphatic hydroxyl groups is 2. The van der Waals surface area contributed by atoms with Crippen molar-refractivity contribution in [1.82, 2.24) is 0 Å². The van der Waals surface area contributed by atoms with Gasteiger partial charge in [0.2, 0.25) is 0 Å². The third-order valence-corrected chi connectivity index (χ3v) is 8.63. The molecule has 35 heavy (non-hydrogen) atoms. The van der Waals surface area contributed by atoms with Crippen molar-refractivity contribution in [2.24, 2.45) is 27.8 Å². The molecule has 0 spiro atoms. The molecule has 0 radical (unpaired) electrons. The minimum Gasteiger partial charge on any atom is -0.396 e. The van der Waals surface area contributed by atoms with Crippen molar-refractivity contribution in [2.75, 3.05) is 6.61 Å². The van der Waals surface area contributed by atoms with E-state index < -0.39 is 12.2 Å². The lowest BCUT2D eigenvalue weighted by Gasteiger charge is -2.42. The van der Waals surface area contributed by atoms with E-state index in [2.05, 4.69) is 64.6 Å². The summed E-state index contributed by atoms with van der Waals surface area (Å²) in [6.07, 6.45) is 14.9. The summed E-state index contributed by atoms with van der Waals surface area (Å²) < 4.78 is 0. The van der Waals surface area contributed by atoms with E-state index in [1.165, 1.54) is 24.8 Å². The first-order chi connectivity index (χ1) is 16.5. The first-order valence-electron chi connectivity index (χ1n) is 13.8. The van der Waals surface area contributed by atoms with Gasteiger partial charge < -0.3 is 15.1 Å². The highest BCUT2D eigenvalue weighted by Gasteiger charge is 2.45. The van der Waals surface area contributed by atoms with Gasteiger partial charge in [0.05, 0.1) is 17.9 Å². The van der Waals surface area contributed by atoms with Crippen LogP contribution in [0.15, 0.2) is 52.3 Å². The van der Waals surface area contributed by atoms with Gasteiger partial charge >= 0.3 is 0 Å². The first kappa shape index (κ1) is 27.9. The summed E-state index contributed by atoms with van der Waals surface area (Å²) in [6, 6.07) is 0. The molecule has 3 rings (SSSR count). The molecular formula is C31H49NO3. The molecule has 0 heterocycles. The van der Waals surface area contributed by atoms with Crippen LogP contribution in [0.4, 0.5) is 0 Å². The summed E-state index contributed by atoms with van der Waals surface area (Å²) in [5, 5.41) is 24.7. The normalized spacial score (nSPS) is 33.1. The van der Waals surface area contributed by atoms with Crippen LogP contribution in [0.1, 0.15) is 99.3 Å². The second-order valence-corrected chi connectivity index (χ2v) is 12.3. The SMILES string of the molecule is C=C1/C(=C\C=C2/CCC[C@]3(C)C([C@H](C)CCC/C(=N/OCC)C(C)(C)C)=CC[C@@H]23)C[C@H](O)C[C@H]1O. The van der Waals surface area contributed by atoms with Crippen molar-refractivity contribution in [3.8, 4) is 0 Å². The van der Waals surface area contributed by atoms with Gasteiger partial charge in [0.25, 0.3) is 0 Å². The van der Waals surface area contributed by atoms with E-state index >= 15 is 0 Å². The Labute approximate surface area is 213 Å². The summed E-state index contributed by atoms with van der Waals surface area (Å²) in [5.41, 5.74) is 6.36. The van der Waals surface area contributed by atoms with E-state index in [0.29, 0.717) is 31.3 Å². The van der Waals surface area contributed by atoms with Gasteiger partial charge in [0.15, 0.2) is 0 Å². The Morgan fingerprint density at radius 3 is 2.74 bits per heavy atom. The van der Waals surface area contributed by atoms with Crippen LogP contribution in [-0.4, -0.2) is 34.7 Å². The molecule has 0 saturated heterocycles. The van der Waals surface area contributed by atoms with Gasteiger partial charge in [-0.25, -0.2) is 0 Å². The molecule has 0 aromatic heterocycles. The lowest BCUT2D eigenvalue weighted by molar-refractivity contribution is 0.0862. The quantitative estimate of drug-likeness (QED) is 0.216. The van der Waals surface area contributed by atoms with Gasteiger partial charge in [-0.2, -0.15) is 0 Å². The summed E-state index contributed by atoms with van der Waals surface area (Å²) >= 11 is 0. The number of hydrogen-bond acceptors (Lipinski definition) is 4. The summed E-state index contributed by atoms with van der Waals surface area (Å²) in [6.45, 7) is 18.2. The largest absolute Gasteiger partial charge is 0.396 e. The van der Waals surface area contributed by atoms with Crippen molar-refractivity contribution >= 4 is 5.71 Å². The molecule has 0 aromatic carbocycles. The van der Waals surface area contributed by atoms with Crippen LogP contribution in [0.25, 0.3) is 0 Å². The highest BCUT2D eigenvalue weighted by molar-refractivity contribution is 5.88. The van der Waals surface area contributed by atoms with Crippen LogP contribution in [0.3, 0.4) is 0 Å². The predicted octanol–water partition coefficient (Wildman–Crippen LogP) is 7.29. The zero-order chi connectivity index (χ0) is 25.8. The molecule has 0 amide bonds. The Morgan fingerprint density at radius 1 is 1.31 bits per heavy atom. The average molecular weight is 484 g/mol. The molecule has 0 aromatic rings. The van der Waals surface area contributed by atoms with Gasteiger partial charge in [0, 0.05) is 11.8 Å². The standard InChI is InChI=1S/C31H49NO3/c1-8-35-32-29(30(4,5)6)13-9-11-21(2)26-16-17-27-23(12-10-18-31(26,27)7)14-15-24-19-25(33)20-28(34)22(24)3/h14-16,21,25,27-28,33-34H,3,8-13,17-20H2,1-2,4-7H3/b23-14+,24-15-,32-29-/t21-,25+,27+,28-,31-/m1/s1. The number of fused-ring (bicyclic) bond motifs is 1. The third kappa shape index (κ3) is 6.57. The lowest BCUT2D eigenvalue weighted by Crippen LogP contribution is -2.32. The van der Waals surface area contributed by atoms with Crippen LogP contribution < -0.4 is 0 Å². The van der Waals surface area contributed by atoms with Crippen LogP contribution in [0, 0.1) is 22.7 Å². The van der Waals surface area contributed by atoms with E-state index in [0.717, 1.165) is 42.5 Å². The molecule has 0 unspecified atom stereocenters. The maximum atomic E-state index is 10.2. The predicted molar refractivity (Wildman–Crippen MR) is 146 cm³/mol. The number of rotatable bonds is 8. The number of allylic oxidation sites excluding steroid dienone is 5. The molecule has 3 aliphatic rings. The zero-order valence-corrected chi connectivity index (χ0v) is 23.1. The number of oxime groups is 1. The van der Waals surface area contributed by atoms with E-state index in [4.69, 9.17) is 4.84 Å². The molecule has 2 fully saturated rings. The molecular weight excluding hydrogens is 434 g/mol. The van der Waals surface area contributed by atoms with Crippen LogP contribution in [0.2, 0.25) is 0 Å². The maximum Gasteiger partial charge on any atom is 0.114 e. The van der Waals surface area contributed by atoms with E-state index in [1.807, 2.05) is 6.92 Å². The average Bonchev–Trinajstić information content (AvgIpc) is 3.14. The monoisotopic (exact) mass is 483 g/mol. The van der Waals surface area contributed by atoms with Crippen LogP contribution >= 0.6 is 0 Å². The Morgan fingerprint density at radius 2 is 2.06 bits per heavy atom. The number of nitrogens with zero attached hydrogens (tertiary/aromatic N) is 1. The topological polar surface area (TPSA) is 62.0 Å². The lowest BCUT2D eigenvalue weighted by atomic mass is 9.62. The molecule has 0 bridgehead atoms. The molecule has 0 aliphatic heterocycles. The molecule has 4 nitrogen and oxygen atoms in total. The zero-order valence-electron chi connectivity index (χ0n) is 23.1. The van der Waals surface area contributed by atoms with Gasteiger partial charge in [-0.1, -0.05) is 75.7 Å². The van der Waals surface area contributed by atoms with E-state index in [-0.39, 0.29) is 10.8 Å². The Hall–Kier alpha value is -1.65. The molecule has 2 saturated carbocycles. The Kier molecular flexibility index (Phi) is 9.26. The number of hydrogen-bond donors (Lipinski definition) is 2. The number of aliphatic hydroxyl groups excluding tert-OH is 2. The minimum atomic E-state index is -0.627. The van der Waals surface area contributed by atoms with E-state index in [9.17, 15) is 10.2 Å². The molecule has 5 atom stereocenters. The fourth-order valence-corrected chi connectivity index (χ4v) is 6.51.